The van der Waals surface area contributed by atoms with Crippen LogP contribution in [0.4, 0.5) is 4.79 Å². The Balaban J connectivity index is 1.36. The minimum Gasteiger partial charge on any atom is -0.480 e. The van der Waals surface area contributed by atoms with E-state index < -0.39 is 5.97 Å². The number of carbonyl (C=O) groups is 2. The molecule has 2 amide bonds. The van der Waals surface area contributed by atoms with E-state index in [0.29, 0.717) is 12.5 Å². The first kappa shape index (κ1) is 19.0. The lowest BCUT2D eigenvalue weighted by molar-refractivity contribution is -0.139. The molecule has 3 rings (SSSR count). The number of likely N-dealkylation sites (N-methyl/N-ethyl adjacent to an activating group) is 1. The van der Waals surface area contributed by atoms with Gasteiger partial charge in [0.05, 0.1) is 6.54 Å². The second-order valence-electron chi connectivity index (χ2n) is 7.30. The van der Waals surface area contributed by atoms with Gasteiger partial charge in [0.15, 0.2) is 0 Å². The predicted molar refractivity (Wildman–Crippen MR) is 100 cm³/mol. The number of aliphatic carboxylic acids is 1. The van der Waals surface area contributed by atoms with E-state index in [4.69, 9.17) is 16.7 Å². The molecule has 26 heavy (non-hydrogen) atoms. The molecule has 0 aromatic heterocycles. The summed E-state index contributed by atoms with van der Waals surface area (Å²) in [5.41, 5.74) is 1.14. The molecule has 1 saturated carbocycles. The maximum Gasteiger partial charge on any atom is 0.317 e. The van der Waals surface area contributed by atoms with Crippen molar-refractivity contribution in [3.8, 4) is 0 Å². The quantitative estimate of drug-likeness (QED) is 0.763. The molecule has 1 aromatic carbocycles. The Morgan fingerprint density at radius 3 is 2.62 bits per heavy atom. The van der Waals surface area contributed by atoms with Crippen LogP contribution in [-0.2, 0) is 11.2 Å². The average molecular weight is 380 g/mol. The van der Waals surface area contributed by atoms with Gasteiger partial charge in [-0.15, -0.1) is 0 Å². The Bertz CT molecular complexity index is 657. The van der Waals surface area contributed by atoms with E-state index in [-0.39, 0.29) is 24.7 Å². The molecule has 1 heterocycles. The maximum absolute atomic E-state index is 12.3. The molecule has 2 fully saturated rings. The number of carbonyl (C=O) groups excluding carboxylic acids is 1. The third-order valence-electron chi connectivity index (χ3n) is 5.41. The maximum atomic E-state index is 12.3. The lowest BCUT2D eigenvalue weighted by Gasteiger charge is -2.45. The zero-order chi connectivity index (χ0) is 18.7. The van der Waals surface area contributed by atoms with Crippen LogP contribution in [0.2, 0.25) is 5.02 Å². The van der Waals surface area contributed by atoms with Gasteiger partial charge in [-0.3, -0.25) is 9.69 Å². The molecule has 1 aliphatic carbocycles. The van der Waals surface area contributed by atoms with Gasteiger partial charge in [-0.2, -0.15) is 0 Å². The van der Waals surface area contributed by atoms with Gasteiger partial charge < -0.3 is 15.3 Å². The molecule has 2 N–H and O–H groups in total. The van der Waals surface area contributed by atoms with Crippen LogP contribution in [0.15, 0.2) is 24.3 Å². The topological polar surface area (TPSA) is 72.9 Å². The standard InChI is InChI=1S/C19H26ClN3O3/c1-2-22(12-18(24)25)16-8-15(9-16)21-19(26)23-10-13(11-23)7-14-5-3-4-6-17(14)20/h3-6,13,15-16H,2,7-12H2,1H3,(H,21,26)(H,24,25). The van der Waals surface area contributed by atoms with Crippen molar-refractivity contribution in [1.82, 2.24) is 15.1 Å². The van der Waals surface area contributed by atoms with Gasteiger partial charge in [0.2, 0.25) is 0 Å². The molecule has 0 radical (unpaired) electrons. The van der Waals surface area contributed by atoms with Crippen molar-refractivity contribution in [3.63, 3.8) is 0 Å². The minimum atomic E-state index is -0.801. The SMILES string of the molecule is CCN(CC(=O)O)C1CC(NC(=O)N2CC(Cc3ccccc3Cl)C2)C1. The molecule has 1 aliphatic heterocycles. The third-order valence-corrected chi connectivity index (χ3v) is 5.78. The molecular formula is C19H26ClN3O3. The second-order valence-corrected chi connectivity index (χ2v) is 7.70. The highest BCUT2D eigenvalue weighted by Crippen LogP contribution is 2.28. The highest BCUT2D eigenvalue weighted by Gasteiger charge is 2.37. The number of hydrogen-bond acceptors (Lipinski definition) is 3. The number of halogens is 1. The van der Waals surface area contributed by atoms with Gasteiger partial charge in [-0.1, -0.05) is 36.7 Å². The van der Waals surface area contributed by atoms with Crippen molar-refractivity contribution in [1.29, 1.82) is 0 Å². The molecule has 7 heteroatoms. The zero-order valence-electron chi connectivity index (χ0n) is 15.0. The summed E-state index contributed by atoms with van der Waals surface area (Å²) in [6.07, 6.45) is 2.54. The number of carboxylic acid groups (broad SMARTS) is 1. The summed E-state index contributed by atoms with van der Waals surface area (Å²) in [5.74, 6) is -0.342. The zero-order valence-corrected chi connectivity index (χ0v) is 15.8. The van der Waals surface area contributed by atoms with Gasteiger partial charge in [0.25, 0.3) is 0 Å². The molecule has 0 bridgehead atoms. The van der Waals surface area contributed by atoms with Gasteiger partial charge in [0.1, 0.15) is 0 Å². The van der Waals surface area contributed by atoms with Crippen LogP contribution in [0.5, 0.6) is 0 Å². The molecule has 1 saturated heterocycles. The Labute approximate surface area is 159 Å². The summed E-state index contributed by atoms with van der Waals surface area (Å²) in [6, 6.07) is 8.25. The van der Waals surface area contributed by atoms with E-state index in [2.05, 4.69) is 5.32 Å². The highest BCUT2D eigenvalue weighted by molar-refractivity contribution is 6.31. The van der Waals surface area contributed by atoms with E-state index in [9.17, 15) is 9.59 Å². The van der Waals surface area contributed by atoms with E-state index in [0.717, 1.165) is 42.9 Å². The van der Waals surface area contributed by atoms with Gasteiger partial charge in [-0.25, -0.2) is 4.79 Å². The van der Waals surface area contributed by atoms with Crippen molar-refractivity contribution in [2.45, 2.75) is 38.3 Å². The van der Waals surface area contributed by atoms with Crippen LogP contribution in [0.25, 0.3) is 0 Å². The molecule has 0 unspecified atom stereocenters. The summed E-state index contributed by atoms with van der Waals surface area (Å²) >= 11 is 6.19. The molecule has 2 aliphatic rings. The van der Waals surface area contributed by atoms with Gasteiger partial charge in [-0.05, 0) is 43.4 Å². The van der Waals surface area contributed by atoms with Crippen LogP contribution >= 0.6 is 11.6 Å². The summed E-state index contributed by atoms with van der Waals surface area (Å²) < 4.78 is 0. The summed E-state index contributed by atoms with van der Waals surface area (Å²) in [7, 11) is 0. The number of benzene rings is 1. The monoisotopic (exact) mass is 379 g/mol. The van der Waals surface area contributed by atoms with Crippen molar-refractivity contribution >= 4 is 23.6 Å². The number of amides is 2. The fraction of sp³-hybridized carbons (Fsp3) is 0.579. The number of carboxylic acids is 1. The van der Waals surface area contributed by atoms with E-state index in [1.165, 1.54) is 0 Å². The first-order valence-electron chi connectivity index (χ1n) is 9.21. The van der Waals surface area contributed by atoms with Crippen molar-refractivity contribution in [2.75, 3.05) is 26.2 Å². The Morgan fingerprint density at radius 2 is 2.00 bits per heavy atom. The van der Waals surface area contributed by atoms with Crippen molar-refractivity contribution in [2.24, 2.45) is 5.92 Å². The van der Waals surface area contributed by atoms with Crippen LogP contribution in [-0.4, -0.2) is 65.2 Å². The van der Waals surface area contributed by atoms with Crippen molar-refractivity contribution < 1.29 is 14.7 Å². The Hall–Kier alpha value is -1.79. The van der Waals surface area contributed by atoms with E-state index in [1.54, 1.807) is 0 Å². The first-order chi connectivity index (χ1) is 12.5. The van der Waals surface area contributed by atoms with E-state index >= 15 is 0 Å². The normalized spacial score (nSPS) is 22.7. The first-order valence-corrected chi connectivity index (χ1v) is 9.58. The molecule has 1 aromatic rings. The van der Waals surface area contributed by atoms with Gasteiger partial charge >= 0.3 is 12.0 Å². The number of nitrogens with one attached hydrogen (secondary N) is 1. The van der Waals surface area contributed by atoms with Crippen LogP contribution in [0, 0.1) is 5.92 Å². The second kappa shape index (κ2) is 8.27. The predicted octanol–water partition coefficient (Wildman–Crippen LogP) is 2.46. The van der Waals surface area contributed by atoms with Crippen LogP contribution in [0.3, 0.4) is 0 Å². The summed E-state index contributed by atoms with van der Waals surface area (Å²) in [5, 5.41) is 12.8. The fourth-order valence-electron chi connectivity index (χ4n) is 3.78. The highest BCUT2D eigenvalue weighted by atomic mass is 35.5. The molecule has 0 spiro atoms. The number of nitrogens with zero attached hydrogens (tertiary/aromatic N) is 2. The number of likely N-dealkylation sites (tertiary alicyclic amines) is 1. The number of rotatable bonds is 7. The molecular weight excluding hydrogens is 354 g/mol. The lowest BCUT2D eigenvalue weighted by Crippen LogP contribution is -2.60. The van der Waals surface area contributed by atoms with Gasteiger partial charge in [0, 0.05) is 30.2 Å². The van der Waals surface area contributed by atoms with Crippen LogP contribution < -0.4 is 5.32 Å². The average Bonchev–Trinajstić information content (AvgIpc) is 2.52. The lowest BCUT2D eigenvalue weighted by atomic mass is 9.85. The van der Waals surface area contributed by atoms with E-state index in [1.807, 2.05) is 41.0 Å². The fourth-order valence-corrected chi connectivity index (χ4v) is 4.00. The minimum absolute atomic E-state index is 0.00913. The summed E-state index contributed by atoms with van der Waals surface area (Å²) in [6.45, 7) is 4.26. The largest absolute Gasteiger partial charge is 0.480 e. The Kier molecular flexibility index (Phi) is 6.04. The third kappa shape index (κ3) is 4.48. The smallest absolute Gasteiger partial charge is 0.317 e. The summed E-state index contributed by atoms with van der Waals surface area (Å²) in [4.78, 5) is 27.0. The molecule has 6 nitrogen and oxygen atoms in total. The Morgan fingerprint density at radius 1 is 1.31 bits per heavy atom. The number of urea groups is 1. The van der Waals surface area contributed by atoms with Crippen LogP contribution in [0.1, 0.15) is 25.3 Å². The number of hydrogen-bond donors (Lipinski definition) is 2. The molecule has 0 atom stereocenters. The van der Waals surface area contributed by atoms with Crippen molar-refractivity contribution in [3.05, 3.63) is 34.9 Å². The molecule has 142 valence electrons.